The van der Waals surface area contributed by atoms with Crippen molar-refractivity contribution in [1.29, 1.82) is 0 Å². The lowest BCUT2D eigenvalue weighted by molar-refractivity contribution is 0.168. The molecule has 0 saturated heterocycles. The Bertz CT molecular complexity index is 220. The molecule has 0 aliphatic rings. The standard InChI is InChI=1S/C22H47NO/c1-2-3-4-5-6-7-8-9-10-11-12-13-14-15-16-17-18-19-20-22(24)21-23/h22,24H,2-21,23H2,1H3. The minimum absolute atomic E-state index is 0.272. The van der Waals surface area contributed by atoms with E-state index >= 15 is 0 Å². The van der Waals surface area contributed by atoms with E-state index < -0.39 is 0 Å². The van der Waals surface area contributed by atoms with Crippen LogP contribution in [-0.2, 0) is 0 Å². The molecule has 0 aromatic heterocycles. The second-order valence-electron chi connectivity index (χ2n) is 7.69. The first kappa shape index (κ1) is 23.9. The van der Waals surface area contributed by atoms with Gasteiger partial charge in [-0.3, -0.25) is 0 Å². The molecule has 0 saturated carbocycles. The van der Waals surface area contributed by atoms with Gasteiger partial charge in [-0.2, -0.15) is 0 Å². The summed E-state index contributed by atoms with van der Waals surface area (Å²) in [4.78, 5) is 0. The number of hydrogen-bond donors (Lipinski definition) is 2. The molecule has 1 unspecified atom stereocenters. The molecule has 0 radical (unpaired) electrons. The van der Waals surface area contributed by atoms with Crippen LogP contribution in [0.5, 0.6) is 0 Å². The highest BCUT2D eigenvalue weighted by Crippen LogP contribution is 2.14. The van der Waals surface area contributed by atoms with Gasteiger partial charge in [0.25, 0.3) is 0 Å². The third-order valence-electron chi connectivity index (χ3n) is 5.16. The van der Waals surface area contributed by atoms with Crippen LogP contribution in [0, 0.1) is 0 Å². The van der Waals surface area contributed by atoms with Crippen LogP contribution in [0.2, 0.25) is 0 Å². The third kappa shape index (κ3) is 20.0. The molecule has 0 aromatic carbocycles. The van der Waals surface area contributed by atoms with E-state index in [0.717, 1.165) is 12.8 Å². The molecule has 0 rings (SSSR count). The van der Waals surface area contributed by atoms with Gasteiger partial charge in [-0.15, -0.1) is 0 Å². The molecule has 0 spiro atoms. The Morgan fingerprint density at radius 1 is 0.542 bits per heavy atom. The van der Waals surface area contributed by atoms with Crippen molar-refractivity contribution in [1.82, 2.24) is 0 Å². The third-order valence-corrected chi connectivity index (χ3v) is 5.16. The SMILES string of the molecule is CCCCCCCCCCCCCCCCCCCCC(O)CN. The number of rotatable bonds is 20. The molecule has 0 heterocycles. The fourth-order valence-electron chi connectivity index (χ4n) is 3.40. The van der Waals surface area contributed by atoms with Crippen LogP contribution < -0.4 is 5.73 Å². The molecular weight excluding hydrogens is 294 g/mol. The highest BCUT2D eigenvalue weighted by molar-refractivity contribution is 4.56. The van der Waals surface area contributed by atoms with Crippen LogP contribution >= 0.6 is 0 Å². The Kier molecular flexibility index (Phi) is 20.9. The predicted molar refractivity (Wildman–Crippen MR) is 108 cm³/mol. The second-order valence-corrected chi connectivity index (χ2v) is 7.69. The van der Waals surface area contributed by atoms with Crippen molar-refractivity contribution in [3.8, 4) is 0 Å². The van der Waals surface area contributed by atoms with Gasteiger partial charge >= 0.3 is 0 Å². The van der Waals surface area contributed by atoms with Crippen LogP contribution in [0.3, 0.4) is 0 Å². The predicted octanol–water partition coefficient (Wildman–Crippen LogP) is 6.74. The molecule has 2 heteroatoms. The van der Waals surface area contributed by atoms with Gasteiger partial charge in [0.05, 0.1) is 6.10 Å². The molecule has 0 bridgehead atoms. The van der Waals surface area contributed by atoms with Gasteiger partial charge in [0.1, 0.15) is 0 Å². The smallest absolute Gasteiger partial charge is 0.0662 e. The summed E-state index contributed by atoms with van der Waals surface area (Å²) in [7, 11) is 0. The van der Waals surface area contributed by atoms with Gasteiger partial charge in [-0.1, -0.05) is 122 Å². The highest BCUT2D eigenvalue weighted by Gasteiger charge is 2.00. The average molecular weight is 342 g/mol. The largest absolute Gasteiger partial charge is 0.392 e. The Labute approximate surface area is 153 Å². The van der Waals surface area contributed by atoms with E-state index in [1.165, 1.54) is 109 Å². The first-order valence-electron chi connectivity index (χ1n) is 11.2. The quantitative estimate of drug-likeness (QED) is 0.241. The average Bonchev–Trinajstić information content (AvgIpc) is 2.60. The summed E-state index contributed by atoms with van der Waals surface area (Å²) in [6, 6.07) is 0. The van der Waals surface area contributed by atoms with Crippen molar-refractivity contribution in [2.45, 2.75) is 135 Å². The molecule has 0 aromatic rings. The highest BCUT2D eigenvalue weighted by atomic mass is 16.3. The maximum atomic E-state index is 9.37. The van der Waals surface area contributed by atoms with Crippen LogP contribution in [0.25, 0.3) is 0 Å². The number of nitrogens with two attached hydrogens (primary N) is 1. The Morgan fingerprint density at radius 3 is 1.12 bits per heavy atom. The molecule has 1 atom stereocenters. The fraction of sp³-hybridized carbons (Fsp3) is 1.00. The van der Waals surface area contributed by atoms with Crippen LogP contribution in [0.15, 0.2) is 0 Å². The topological polar surface area (TPSA) is 46.2 Å². The first-order chi connectivity index (χ1) is 11.8. The van der Waals surface area contributed by atoms with E-state index in [-0.39, 0.29) is 6.10 Å². The van der Waals surface area contributed by atoms with Crippen LogP contribution in [0.1, 0.15) is 129 Å². The molecule has 3 N–H and O–H groups in total. The van der Waals surface area contributed by atoms with Crippen molar-refractivity contribution in [3.05, 3.63) is 0 Å². The van der Waals surface area contributed by atoms with E-state index in [1.54, 1.807) is 0 Å². The van der Waals surface area contributed by atoms with E-state index in [2.05, 4.69) is 6.92 Å². The fourth-order valence-corrected chi connectivity index (χ4v) is 3.40. The summed E-state index contributed by atoms with van der Waals surface area (Å²) >= 11 is 0. The Hall–Kier alpha value is -0.0800. The summed E-state index contributed by atoms with van der Waals surface area (Å²) < 4.78 is 0. The van der Waals surface area contributed by atoms with Crippen LogP contribution in [-0.4, -0.2) is 17.8 Å². The molecule has 24 heavy (non-hydrogen) atoms. The number of unbranched alkanes of at least 4 members (excludes halogenated alkanes) is 17. The van der Waals surface area contributed by atoms with E-state index in [4.69, 9.17) is 5.73 Å². The second kappa shape index (κ2) is 21.0. The summed E-state index contributed by atoms with van der Waals surface area (Å²) in [5, 5.41) is 9.37. The Morgan fingerprint density at radius 2 is 0.833 bits per heavy atom. The molecule has 0 aliphatic heterocycles. The maximum absolute atomic E-state index is 9.37. The molecule has 146 valence electrons. The summed E-state index contributed by atoms with van der Waals surface area (Å²) in [6.07, 6.45) is 25.9. The number of aliphatic hydroxyl groups excluding tert-OH is 1. The van der Waals surface area contributed by atoms with Crippen molar-refractivity contribution in [2.75, 3.05) is 6.54 Å². The minimum Gasteiger partial charge on any atom is -0.392 e. The van der Waals surface area contributed by atoms with Crippen LogP contribution in [0.4, 0.5) is 0 Å². The monoisotopic (exact) mass is 341 g/mol. The lowest BCUT2D eigenvalue weighted by Crippen LogP contribution is -2.19. The first-order valence-corrected chi connectivity index (χ1v) is 11.2. The van der Waals surface area contributed by atoms with Crippen molar-refractivity contribution >= 4 is 0 Å². The lowest BCUT2D eigenvalue weighted by atomic mass is 10.0. The molecule has 2 nitrogen and oxygen atoms in total. The maximum Gasteiger partial charge on any atom is 0.0662 e. The van der Waals surface area contributed by atoms with E-state index in [9.17, 15) is 5.11 Å². The molecule has 0 amide bonds. The van der Waals surface area contributed by atoms with Crippen molar-refractivity contribution < 1.29 is 5.11 Å². The van der Waals surface area contributed by atoms with Gasteiger partial charge in [0.15, 0.2) is 0 Å². The van der Waals surface area contributed by atoms with Crippen molar-refractivity contribution in [3.63, 3.8) is 0 Å². The zero-order valence-electron chi connectivity index (χ0n) is 16.7. The molecule has 0 fully saturated rings. The summed E-state index contributed by atoms with van der Waals surface area (Å²) in [5.41, 5.74) is 5.40. The Balaban J connectivity index is 2.98. The summed E-state index contributed by atoms with van der Waals surface area (Å²) in [5.74, 6) is 0. The van der Waals surface area contributed by atoms with Gasteiger partial charge in [-0.05, 0) is 6.42 Å². The van der Waals surface area contributed by atoms with Gasteiger partial charge in [0, 0.05) is 6.54 Å². The van der Waals surface area contributed by atoms with E-state index in [0.29, 0.717) is 6.54 Å². The van der Waals surface area contributed by atoms with Gasteiger partial charge in [0.2, 0.25) is 0 Å². The van der Waals surface area contributed by atoms with Crippen molar-refractivity contribution in [2.24, 2.45) is 5.73 Å². The summed E-state index contributed by atoms with van der Waals surface area (Å²) in [6.45, 7) is 2.70. The number of aliphatic hydroxyl groups is 1. The lowest BCUT2D eigenvalue weighted by Gasteiger charge is -2.06. The minimum atomic E-state index is -0.272. The normalized spacial score (nSPS) is 12.6. The van der Waals surface area contributed by atoms with Gasteiger partial charge in [-0.25, -0.2) is 0 Å². The molecular formula is C22H47NO. The number of hydrogen-bond acceptors (Lipinski definition) is 2. The zero-order chi connectivity index (χ0) is 17.7. The zero-order valence-corrected chi connectivity index (χ0v) is 16.7. The van der Waals surface area contributed by atoms with Gasteiger partial charge < -0.3 is 10.8 Å². The molecule has 0 aliphatic carbocycles. The van der Waals surface area contributed by atoms with E-state index in [1.807, 2.05) is 0 Å².